The van der Waals surface area contributed by atoms with Crippen molar-refractivity contribution in [3.8, 4) is 5.75 Å². The first-order valence-corrected chi connectivity index (χ1v) is 9.52. The first kappa shape index (κ1) is 19.6. The minimum Gasteiger partial charge on any atom is -0.493 e. The molecule has 0 aromatic heterocycles. The lowest BCUT2D eigenvalue weighted by Crippen LogP contribution is -2.27. The van der Waals surface area contributed by atoms with Gasteiger partial charge in [-0.15, -0.1) is 0 Å². The van der Waals surface area contributed by atoms with Crippen LogP contribution in [0.25, 0.3) is 6.08 Å². The van der Waals surface area contributed by atoms with Crippen molar-refractivity contribution in [1.82, 2.24) is 4.90 Å². The smallest absolute Gasteiger partial charge is 0.293 e. The summed E-state index contributed by atoms with van der Waals surface area (Å²) in [6.07, 6.45) is 2.47. The third-order valence-corrected chi connectivity index (χ3v) is 4.97. The maximum atomic E-state index is 12.7. The van der Waals surface area contributed by atoms with Crippen molar-refractivity contribution in [3.05, 3.63) is 74.7 Å². The molecule has 0 radical (unpaired) electrons. The molecule has 0 N–H and O–H groups in total. The largest absolute Gasteiger partial charge is 0.493 e. The van der Waals surface area contributed by atoms with Gasteiger partial charge in [-0.2, -0.15) is 0 Å². The van der Waals surface area contributed by atoms with Gasteiger partial charge in [-0.3, -0.25) is 24.6 Å². The molecular weight excluding hydrogens is 380 g/mol. The lowest BCUT2D eigenvalue weighted by atomic mass is 10.1. The van der Waals surface area contributed by atoms with Gasteiger partial charge >= 0.3 is 0 Å². The Morgan fingerprint density at radius 1 is 1.14 bits per heavy atom. The van der Waals surface area contributed by atoms with E-state index in [4.69, 9.17) is 4.74 Å². The normalized spacial score (nSPS) is 15.3. The lowest BCUT2D eigenvalue weighted by molar-refractivity contribution is -0.385. The molecule has 2 aromatic carbocycles. The van der Waals surface area contributed by atoms with Crippen LogP contribution < -0.4 is 4.74 Å². The zero-order valence-electron chi connectivity index (χ0n) is 15.2. The molecule has 144 valence electrons. The number of thioether (sulfide) groups is 1. The van der Waals surface area contributed by atoms with Gasteiger partial charge in [0.25, 0.3) is 16.8 Å². The van der Waals surface area contributed by atoms with Gasteiger partial charge in [0.1, 0.15) is 5.75 Å². The molecular formula is C20H18N2O5S. The van der Waals surface area contributed by atoms with Gasteiger partial charge < -0.3 is 4.74 Å². The van der Waals surface area contributed by atoms with Crippen LogP contribution >= 0.6 is 11.8 Å². The number of nitro benzene ring substituents is 1. The first-order chi connectivity index (χ1) is 13.5. The van der Waals surface area contributed by atoms with Gasteiger partial charge in [-0.05, 0) is 30.3 Å². The Balaban J connectivity index is 1.85. The molecule has 0 spiro atoms. The van der Waals surface area contributed by atoms with Gasteiger partial charge in [0.2, 0.25) is 0 Å². The number of amides is 2. The molecule has 1 heterocycles. The molecule has 7 nitrogen and oxygen atoms in total. The van der Waals surface area contributed by atoms with Crippen molar-refractivity contribution in [2.45, 2.75) is 19.9 Å². The molecule has 0 unspecified atom stereocenters. The summed E-state index contributed by atoms with van der Waals surface area (Å²) >= 11 is 0.816. The Kier molecular flexibility index (Phi) is 6.10. The average molecular weight is 398 g/mol. The minimum atomic E-state index is -0.522. The van der Waals surface area contributed by atoms with Gasteiger partial charge in [0, 0.05) is 17.2 Å². The van der Waals surface area contributed by atoms with E-state index in [1.165, 1.54) is 6.07 Å². The third-order valence-electron chi connectivity index (χ3n) is 4.06. The van der Waals surface area contributed by atoms with Crippen molar-refractivity contribution in [2.75, 3.05) is 6.61 Å². The van der Waals surface area contributed by atoms with Gasteiger partial charge in [-0.25, -0.2) is 0 Å². The van der Waals surface area contributed by atoms with E-state index in [1.807, 2.05) is 19.1 Å². The fraction of sp³-hybridized carbons (Fsp3) is 0.200. The number of rotatable bonds is 7. The zero-order valence-corrected chi connectivity index (χ0v) is 16.0. The van der Waals surface area contributed by atoms with E-state index in [-0.39, 0.29) is 17.1 Å². The molecule has 28 heavy (non-hydrogen) atoms. The van der Waals surface area contributed by atoms with Crippen LogP contribution in [-0.4, -0.2) is 27.6 Å². The number of nitro groups is 1. The molecule has 1 aliphatic heterocycles. The number of ether oxygens (including phenoxy) is 1. The van der Waals surface area contributed by atoms with E-state index in [1.54, 1.807) is 36.4 Å². The van der Waals surface area contributed by atoms with Crippen molar-refractivity contribution >= 4 is 34.7 Å². The Morgan fingerprint density at radius 2 is 1.86 bits per heavy atom. The van der Waals surface area contributed by atoms with Gasteiger partial charge in [0.15, 0.2) is 0 Å². The molecule has 0 atom stereocenters. The van der Waals surface area contributed by atoms with E-state index in [0.29, 0.717) is 23.5 Å². The summed E-state index contributed by atoms with van der Waals surface area (Å²) in [5.41, 5.74) is 0.888. The quantitative estimate of drug-likeness (QED) is 0.384. The molecule has 2 aromatic rings. The highest BCUT2D eigenvalue weighted by Crippen LogP contribution is 2.35. The number of hydrogen-bond acceptors (Lipinski definition) is 6. The van der Waals surface area contributed by atoms with Crippen molar-refractivity contribution in [1.29, 1.82) is 0 Å². The molecule has 0 aliphatic carbocycles. The summed E-state index contributed by atoms with van der Waals surface area (Å²) in [6, 6.07) is 13.3. The van der Waals surface area contributed by atoms with Crippen LogP contribution in [0, 0.1) is 10.1 Å². The Hall–Kier alpha value is -3.13. The highest BCUT2D eigenvalue weighted by Gasteiger charge is 2.36. The second kappa shape index (κ2) is 8.71. The monoisotopic (exact) mass is 398 g/mol. The summed E-state index contributed by atoms with van der Waals surface area (Å²) in [6.45, 7) is 2.40. The van der Waals surface area contributed by atoms with E-state index >= 15 is 0 Å². The fourth-order valence-corrected chi connectivity index (χ4v) is 3.54. The second-order valence-corrected chi connectivity index (χ2v) is 7.03. The van der Waals surface area contributed by atoms with E-state index in [2.05, 4.69) is 0 Å². The van der Waals surface area contributed by atoms with Gasteiger partial charge in [0.05, 0.1) is 23.0 Å². The third kappa shape index (κ3) is 4.23. The summed E-state index contributed by atoms with van der Waals surface area (Å²) < 4.78 is 5.68. The van der Waals surface area contributed by atoms with E-state index in [9.17, 15) is 19.7 Å². The lowest BCUT2D eigenvalue weighted by Gasteiger charge is -2.12. The van der Waals surface area contributed by atoms with E-state index < -0.39 is 16.1 Å². The van der Waals surface area contributed by atoms with Crippen LogP contribution in [0.3, 0.4) is 0 Å². The number of nitrogens with zero attached hydrogens (tertiary/aromatic N) is 2. The van der Waals surface area contributed by atoms with Crippen molar-refractivity contribution in [2.24, 2.45) is 0 Å². The Labute approximate surface area is 166 Å². The fourth-order valence-electron chi connectivity index (χ4n) is 2.71. The predicted molar refractivity (Wildman–Crippen MR) is 107 cm³/mol. The number of benzene rings is 2. The van der Waals surface area contributed by atoms with Crippen LogP contribution in [0.4, 0.5) is 10.5 Å². The summed E-state index contributed by atoms with van der Waals surface area (Å²) in [5, 5.41) is 10.7. The SMILES string of the molecule is CCCOc1ccccc1/C=C1\SC(=O)N(Cc2ccccc2[N+](=O)[O-])C1=O. The molecule has 1 fully saturated rings. The molecule has 1 saturated heterocycles. The number of hydrogen-bond donors (Lipinski definition) is 0. The van der Waals surface area contributed by atoms with Crippen LogP contribution in [0.1, 0.15) is 24.5 Å². The predicted octanol–water partition coefficient (Wildman–Crippen LogP) is 4.62. The number of carbonyl (C=O) groups is 2. The number of imide groups is 1. The highest BCUT2D eigenvalue weighted by molar-refractivity contribution is 8.18. The van der Waals surface area contributed by atoms with Crippen molar-refractivity contribution < 1.29 is 19.2 Å². The molecule has 1 aliphatic rings. The summed E-state index contributed by atoms with van der Waals surface area (Å²) in [4.78, 5) is 37.0. The Bertz CT molecular complexity index is 957. The van der Waals surface area contributed by atoms with Crippen molar-refractivity contribution in [3.63, 3.8) is 0 Å². The number of carbonyl (C=O) groups excluding carboxylic acids is 2. The standard InChI is InChI=1S/C20H18N2O5S/c1-2-11-27-17-10-6-4-7-14(17)12-18-19(23)21(20(24)28-18)13-15-8-3-5-9-16(15)22(25)26/h3-10,12H,2,11,13H2,1H3/b18-12-. The van der Waals surface area contributed by atoms with Crippen LogP contribution in [-0.2, 0) is 11.3 Å². The minimum absolute atomic E-state index is 0.121. The molecule has 8 heteroatoms. The topological polar surface area (TPSA) is 89.8 Å². The number of para-hydroxylation sites is 2. The molecule has 3 rings (SSSR count). The summed E-state index contributed by atoms with van der Waals surface area (Å²) in [5.74, 6) is 0.160. The average Bonchev–Trinajstić information content (AvgIpc) is 2.95. The summed E-state index contributed by atoms with van der Waals surface area (Å²) in [7, 11) is 0. The first-order valence-electron chi connectivity index (χ1n) is 8.70. The van der Waals surface area contributed by atoms with Crippen LogP contribution in [0.15, 0.2) is 53.4 Å². The second-order valence-electron chi connectivity index (χ2n) is 6.04. The zero-order chi connectivity index (χ0) is 20.1. The van der Waals surface area contributed by atoms with Gasteiger partial charge in [-0.1, -0.05) is 43.3 Å². The molecule has 0 bridgehead atoms. The van der Waals surface area contributed by atoms with E-state index in [0.717, 1.165) is 23.1 Å². The maximum absolute atomic E-state index is 12.7. The maximum Gasteiger partial charge on any atom is 0.293 e. The Morgan fingerprint density at radius 3 is 2.61 bits per heavy atom. The molecule has 0 saturated carbocycles. The van der Waals surface area contributed by atoms with Crippen LogP contribution in [0.2, 0.25) is 0 Å². The highest BCUT2D eigenvalue weighted by atomic mass is 32.2. The van der Waals surface area contributed by atoms with Crippen LogP contribution in [0.5, 0.6) is 5.75 Å². The molecule has 2 amide bonds.